The first-order chi connectivity index (χ1) is 10.0. The van der Waals surface area contributed by atoms with Crippen molar-refractivity contribution < 1.29 is 14.3 Å². The largest absolute Gasteiger partial charge is 0.378 e. The van der Waals surface area contributed by atoms with Gasteiger partial charge in [-0.2, -0.15) is 0 Å². The Morgan fingerprint density at radius 2 is 1.77 bits per heavy atom. The summed E-state index contributed by atoms with van der Waals surface area (Å²) in [6, 6.07) is -0.159. The second-order valence-electron chi connectivity index (χ2n) is 6.21. The molecule has 2 aliphatic heterocycles. The highest BCUT2D eigenvalue weighted by Crippen LogP contribution is 2.21. The van der Waals surface area contributed by atoms with Crippen molar-refractivity contribution in [3.05, 3.63) is 0 Å². The molecule has 6 nitrogen and oxygen atoms in total. The predicted molar refractivity (Wildman–Crippen MR) is 86.8 cm³/mol. The van der Waals surface area contributed by atoms with Crippen molar-refractivity contribution in [2.24, 2.45) is 17.6 Å². The van der Waals surface area contributed by atoms with E-state index in [4.69, 9.17) is 10.5 Å². The molecule has 0 radical (unpaired) electrons. The standard InChI is InChI=1S/C15H27N3O3.ClH/c1-11(12(2)16)14(19)18-5-3-4-13(10-18)15(20)17-6-8-21-9-7-17;/h11-13H,3-10,16H2,1-2H3;1H. The van der Waals surface area contributed by atoms with Crippen LogP contribution >= 0.6 is 12.4 Å². The fraction of sp³-hybridized carbons (Fsp3) is 0.867. The molecule has 0 aromatic heterocycles. The highest BCUT2D eigenvalue weighted by Gasteiger charge is 2.33. The molecule has 2 heterocycles. The van der Waals surface area contributed by atoms with Gasteiger partial charge in [-0.05, 0) is 19.8 Å². The maximum absolute atomic E-state index is 12.5. The quantitative estimate of drug-likeness (QED) is 0.815. The first-order valence-electron chi connectivity index (χ1n) is 7.91. The third-order valence-corrected chi connectivity index (χ3v) is 4.58. The predicted octanol–water partition coefficient (Wildman–Crippen LogP) is 0.489. The molecule has 0 aliphatic carbocycles. The van der Waals surface area contributed by atoms with E-state index in [0.29, 0.717) is 32.8 Å². The minimum absolute atomic E-state index is 0. The lowest BCUT2D eigenvalue weighted by Crippen LogP contribution is -2.51. The summed E-state index contributed by atoms with van der Waals surface area (Å²) in [7, 11) is 0. The Morgan fingerprint density at radius 1 is 1.14 bits per heavy atom. The van der Waals surface area contributed by atoms with Crippen LogP contribution in [0.3, 0.4) is 0 Å². The lowest BCUT2D eigenvalue weighted by Gasteiger charge is -2.37. The zero-order valence-corrected chi connectivity index (χ0v) is 14.3. The van der Waals surface area contributed by atoms with Gasteiger partial charge in [0.25, 0.3) is 0 Å². The van der Waals surface area contributed by atoms with Crippen LogP contribution in [0.1, 0.15) is 26.7 Å². The van der Waals surface area contributed by atoms with Crippen molar-refractivity contribution in [2.45, 2.75) is 32.7 Å². The molecule has 3 atom stereocenters. The second kappa shape index (κ2) is 8.70. The van der Waals surface area contributed by atoms with E-state index in [-0.39, 0.29) is 42.1 Å². The summed E-state index contributed by atoms with van der Waals surface area (Å²) < 4.78 is 5.28. The molecule has 0 aromatic carbocycles. The first-order valence-corrected chi connectivity index (χ1v) is 7.91. The van der Waals surface area contributed by atoms with E-state index in [2.05, 4.69) is 0 Å². The monoisotopic (exact) mass is 333 g/mol. The van der Waals surface area contributed by atoms with Gasteiger partial charge >= 0.3 is 0 Å². The Morgan fingerprint density at radius 3 is 2.36 bits per heavy atom. The molecule has 2 rings (SSSR count). The molecule has 128 valence electrons. The average Bonchev–Trinajstić information content (AvgIpc) is 2.53. The van der Waals surface area contributed by atoms with Crippen LogP contribution < -0.4 is 5.73 Å². The molecule has 22 heavy (non-hydrogen) atoms. The van der Waals surface area contributed by atoms with Crippen LogP contribution in [0.4, 0.5) is 0 Å². The van der Waals surface area contributed by atoms with Gasteiger partial charge < -0.3 is 20.3 Å². The number of hydrogen-bond donors (Lipinski definition) is 1. The van der Waals surface area contributed by atoms with Crippen LogP contribution in [-0.2, 0) is 14.3 Å². The fourth-order valence-electron chi connectivity index (χ4n) is 2.93. The number of ether oxygens (including phenoxy) is 1. The maximum Gasteiger partial charge on any atom is 0.227 e. The van der Waals surface area contributed by atoms with Crippen molar-refractivity contribution in [2.75, 3.05) is 39.4 Å². The summed E-state index contributed by atoms with van der Waals surface area (Å²) in [6.45, 7) is 7.54. The van der Waals surface area contributed by atoms with Gasteiger partial charge in [-0.25, -0.2) is 0 Å². The van der Waals surface area contributed by atoms with Crippen LogP contribution in [0.15, 0.2) is 0 Å². The summed E-state index contributed by atoms with van der Waals surface area (Å²) in [5.74, 6) is -0.0166. The number of morpholine rings is 1. The van der Waals surface area contributed by atoms with Crippen molar-refractivity contribution in [1.82, 2.24) is 9.80 Å². The van der Waals surface area contributed by atoms with Gasteiger partial charge in [0.1, 0.15) is 0 Å². The molecule has 2 N–H and O–H groups in total. The molecule has 0 saturated carbocycles. The molecule has 0 bridgehead atoms. The molecular formula is C15H28ClN3O3. The van der Waals surface area contributed by atoms with E-state index in [9.17, 15) is 9.59 Å². The number of halogens is 1. The minimum Gasteiger partial charge on any atom is -0.378 e. The number of hydrogen-bond acceptors (Lipinski definition) is 4. The van der Waals surface area contributed by atoms with Crippen molar-refractivity contribution in [3.63, 3.8) is 0 Å². The molecule has 2 amide bonds. The molecule has 3 unspecified atom stereocenters. The Balaban J connectivity index is 0.00000242. The van der Waals surface area contributed by atoms with Crippen LogP contribution in [0, 0.1) is 11.8 Å². The molecule has 2 fully saturated rings. The van der Waals surface area contributed by atoms with Crippen LogP contribution in [0.25, 0.3) is 0 Å². The van der Waals surface area contributed by atoms with E-state index in [0.717, 1.165) is 19.4 Å². The molecule has 0 aromatic rings. The number of piperidine rings is 1. The molecule has 0 spiro atoms. The van der Waals surface area contributed by atoms with Gasteiger partial charge in [-0.1, -0.05) is 6.92 Å². The Hall–Kier alpha value is -0.850. The zero-order valence-electron chi connectivity index (χ0n) is 13.5. The van der Waals surface area contributed by atoms with Gasteiger partial charge in [-0.15, -0.1) is 12.4 Å². The van der Waals surface area contributed by atoms with Gasteiger partial charge in [0, 0.05) is 32.2 Å². The number of carbonyl (C=O) groups is 2. The zero-order chi connectivity index (χ0) is 15.4. The summed E-state index contributed by atoms with van der Waals surface area (Å²) in [5.41, 5.74) is 5.82. The number of nitrogens with zero attached hydrogens (tertiary/aromatic N) is 2. The summed E-state index contributed by atoms with van der Waals surface area (Å²) >= 11 is 0. The van der Waals surface area contributed by atoms with E-state index in [1.807, 2.05) is 23.6 Å². The van der Waals surface area contributed by atoms with Crippen LogP contribution in [-0.4, -0.2) is 67.0 Å². The number of amides is 2. The highest BCUT2D eigenvalue weighted by atomic mass is 35.5. The van der Waals surface area contributed by atoms with Crippen molar-refractivity contribution in [3.8, 4) is 0 Å². The third-order valence-electron chi connectivity index (χ3n) is 4.58. The lowest BCUT2D eigenvalue weighted by molar-refractivity contribution is -0.145. The average molecular weight is 334 g/mol. The van der Waals surface area contributed by atoms with Gasteiger partial charge in [0.15, 0.2) is 0 Å². The maximum atomic E-state index is 12.5. The van der Waals surface area contributed by atoms with Crippen LogP contribution in [0.5, 0.6) is 0 Å². The highest BCUT2D eigenvalue weighted by molar-refractivity contribution is 5.85. The Labute approximate surface area is 138 Å². The minimum atomic E-state index is -0.192. The summed E-state index contributed by atoms with van der Waals surface area (Å²) in [6.07, 6.45) is 1.75. The first kappa shape index (κ1) is 19.2. The summed E-state index contributed by atoms with van der Waals surface area (Å²) in [5, 5.41) is 0. The van der Waals surface area contributed by atoms with Crippen molar-refractivity contribution in [1.29, 1.82) is 0 Å². The van der Waals surface area contributed by atoms with Crippen LogP contribution in [0.2, 0.25) is 0 Å². The molecule has 7 heteroatoms. The molecular weight excluding hydrogens is 306 g/mol. The second-order valence-corrected chi connectivity index (χ2v) is 6.21. The number of carbonyl (C=O) groups excluding carboxylic acids is 2. The Bertz CT molecular complexity index is 386. The molecule has 2 aliphatic rings. The van der Waals surface area contributed by atoms with Gasteiger partial charge in [0.2, 0.25) is 11.8 Å². The fourth-order valence-corrected chi connectivity index (χ4v) is 2.93. The number of likely N-dealkylation sites (tertiary alicyclic amines) is 1. The van der Waals surface area contributed by atoms with Gasteiger partial charge in [0.05, 0.1) is 25.0 Å². The van der Waals surface area contributed by atoms with Gasteiger partial charge in [-0.3, -0.25) is 9.59 Å². The van der Waals surface area contributed by atoms with E-state index < -0.39 is 0 Å². The Kier molecular flexibility index (Phi) is 7.59. The number of rotatable bonds is 3. The van der Waals surface area contributed by atoms with E-state index in [1.165, 1.54) is 0 Å². The molecule has 2 saturated heterocycles. The van der Waals surface area contributed by atoms with E-state index in [1.54, 1.807) is 0 Å². The summed E-state index contributed by atoms with van der Waals surface area (Å²) in [4.78, 5) is 28.6. The topological polar surface area (TPSA) is 75.9 Å². The van der Waals surface area contributed by atoms with Crippen molar-refractivity contribution >= 4 is 24.2 Å². The third kappa shape index (κ3) is 4.57. The van der Waals surface area contributed by atoms with E-state index >= 15 is 0 Å². The normalized spacial score (nSPS) is 25.1. The number of nitrogens with two attached hydrogens (primary N) is 1. The smallest absolute Gasteiger partial charge is 0.227 e. The lowest BCUT2D eigenvalue weighted by atomic mass is 9.94. The SMILES string of the molecule is CC(N)C(C)C(=O)N1CCCC(C(=O)N2CCOCC2)C1.Cl.